The van der Waals surface area contributed by atoms with E-state index in [1.165, 1.54) is 0 Å². The van der Waals surface area contributed by atoms with Gasteiger partial charge in [0.05, 0.1) is 17.0 Å². The van der Waals surface area contributed by atoms with Crippen LogP contribution in [0, 0.1) is 12.8 Å². The van der Waals surface area contributed by atoms with Gasteiger partial charge in [-0.2, -0.15) is 5.10 Å². The van der Waals surface area contributed by atoms with Crippen LogP contribution in [0.2, 0.25) is 5.02 Å². The van der Waals surface area contributed by atoms with Crippen LogP contribution in [-0.2, 0) is 6.42 Å². The Morgan fingerprint density at radius 3 is 2.57 bits per heavy atom. The van der Waals surface area contributed by atoms with Crippen molar-refractivity contribution in [2.24, 2.45) is 5.92 Å². The Kier molecular flexibility index (Phi) is 4.68. The Morgan fingerprint density at radius 2 is 1.80 bits per heavy atom. The summed E-state index contributed by atoms with van der Waals surface area (Å²) in [4.78, 5) is 12.8. The summed E-state index contributed by atoms with van der Waals surface area (Å²) in [7, 11) is 0. The first-order valence-electron chi connectivity index (χ1n) is 9.87. The maximum absolute atomic E-state index is 12.8. The number of hydrogen-bond donors (Lipinski definition) is 0. The highest BCUT2D eigenvalue weighted by atomic mass is 35.5. The highest BCUT2D eigenvalue weighted by Crippen LogP contribution is 2.31. The Morgan fingerprint density at radius 1 is 1.03 bits per heavy atom. The Bertz CT molecular complexity index is 1280. The fraction of sp³-hybridized carbons (Fsp3) is 0.167. The summed E-state index contributed by atoms with van der Waals surface area (Å²) in [5.74, 6) is 0.107. The number of nitrogens with zero attached hydrogens (tertiary/aromatic N) is 4. The molecule has 0 unspecified atom stereocenters. The molecule has 4 aromatic rings. The van der Waals surface area contributed by atoms with Gasteiger partial charge in [0, 0.05) is 11.4 Å². The van der Waals surface area contributed by atoms with Crippen molar-refractivity contribution in [3.63, 3.8) is 0 Å². The predicted octanol–water partition coefficient (Wildman–Crippen LogP) is 5.21. The lowest BCUT2D eigenvalue weighted by Gasteiger charge is -2.20. The van der Waals surface area contributed by atoms with Gasteiger partial charge in [-0.25, -0.2) is 4.52 Å². The van der Waals surface area contributed by atoms with Crippen LogP contribution in [0.3, 0.4) is 0 Å². The average molecular weight is 415 g/mol. The molecule has 2 aromatic carbocycles. The zero-order valence-corrected chi connectivity index (χ0v) is 17.2. The molecule has 0 amide bonds. The number of carbonyl (C=O) groups excluding carboxylic acids is 1. The van der Waals surface area contributed by atoms with Gasteiger partial charge in [0.1, 0.15) is 0 Å². The number of halogens is 1. The zero-order chi connectivity index (χ0) is 20.7. The van der Waals surface area contributed by atoms with Gasteiger partial charge in [0.15, 0.2) is 17.1 Å². The summed E-state index contributed by atoms with van der Waals surface area (Å²) in [5, 5.41) is 14.0. The van der Waals surface area contributed by atoms with Crippen LogP contribution in [0.5, 0.6) is 0 Å². The molecule has 0 N–H and O–H groups in total. The molecule has 1 aliphatic carbocycles. The van der Waals surface area contributed by atoms with Crippen molar-refractivity contribution >= 4 is 29.1 Å². The second-order valence-corrected chi connectivity index (χ2v) is 8.00. The number of benzene rings is 2. The number of aromatic nitrogens is 4. The second kappa shape index (κ2) is 7.50. The van der Waals surface area contributed by atoms with Gasteiger partial charge in [-0.1, -0.05) is 66.2 Å². The van der Waals surface area contributed by atoms with E-state index in [0.29, 0.717) is 29.2 Å². The van der Waals surface area contributed by atoms with E-state index < -0.39 is 0 Å². The molecule has 0 spiro atoms. The maximum atomic E-state index is 12.8. The van der Waals surface area contributed by atoms with Crippen molar-refractivity contribution in [1.29, 1.82) is 0 Å². The summed E-state index contributed by atoms with van der Waals surface area (Å²) in [6, 6.07) is 17.7. The van der Waals surface area contributed by atoms with E-state index in [-0.39, 0.29) is 11.7 Å². The molecule has 0 aliphatic heterocycles. The van der Waals surface area contributed by atoms with Gasteiger partial charge in [-0.15, -0.1) is 10.2 Å². The normalized spacial score (nSPS) is 16.3. The lowest BCUT2D eigenvalue weighted by Crippen LogP contribution is -2.24. The molecular weight excluding hydrogens is 396 g/mol. The number of fused-ring (bicyclic) bond motifs is 3. The molecule has 2 aromatic heterocycles. The fourth-order valence-electron chi connectivity index (χ4n) is 4.01. The molecule has 0 saturated carbocycles. The highest BCUT2D eigenvalue weighted by molar-refractivity contribution is 6.30. The van der Waals surface area contributed by atoms with E-state index >= 15 is 0 Å². The Hall–Kier alpha value is -3.31. The molecule has 6 heteroatoms. The number of carbonyl (C=O) groups is 1. The molecule has 0 fully saturated rings. The van der Waals surface area contributed by atoms with Crippen molar-refractivity contribution in [3.8, 4) is 11.1 Å². The van der Waals surface area contributed by atoms with Gasteiger partial charge >= 0.3 is 0 Å². The van der Waals surface area contributed by atoms with E-state index in [1.807, 2.05) is 61.5 Å². The minimum absolute atomic E-state index is 0.00885. The highest BCUT2D eigenvalue weighted by Gasteiger charge is 2.29. The SMILES string of the molecule is Cc1nn2c3c(nnc2c1-c1ccc(Cl)cc1)C(=O)C[C@@H](/C=C/c1ccccc1)C3. The van der Waals surface area contributed by atoms with Crippen LogP contribution in [0.4, 0.5) is 0 Å². The van der Waals surface area contributed by atoms with Crippen LogP contribution in [0.25, 0.3) is 22.9 Å². The van der Waals surface area contributed by atoms with Crippen LogP contribution in [-0.4, -0.2) is 25.6 Å². The molecule has 5 rings (SSSR count). The first-order chi connectivity index (χ1) is 14.6. The molecular formula is C24H19ClN4O. The standard InChI is InChI=1S/C24H19ClN4O/c1-15-22(18-9-11-19(25)12-10-18)24-27-26-23-20(29(24)28-15)13-17(14-21(23)30)8-7-16-5-3-2-4-6-16/h2-12,17H,13-14H2,1H3/b8-7+/t17-/m0/s1. The Balaban J connectivity index is 1.56. The van der Waals surface area contributed by atoms with Crippen LogP contribution in [0.15, 0.2) is 60.7 Å². The molecule has 2 heterocycles. The van der Waals surface area contributed by atoms with E-state index in [1.54, 1.807) is 4.52 Å². The third-order valence-electron chi connectivity index (χ3n) is 5.47. The van der Waals surface area contributed by atoms with E-state index in [9.17, 15) is 4.79 Å². The van der Waals surface area contributed by atoms with Gasteiger partial charge in [0.2, 0.25) is 0 Å². The number of hydrogen-bond acceptors (Lipinski definition) is 4. The third-order valence-corrected chi connectivity index (χ3v) is 5.72. The monoisotopic (exact) mass is 414 g/mol. The summed E-state index contributed by atoms with van der Waals surface area (Å²) < 4.78 is 1.79. The first kappa shape index (κ1) is 18.7. The smallest absolute Gasteiger partial charge is 0.185 e. The first-order valence-corrected chi connectivity index (χ1v) is 10.3. The van der Waals surface area contributed by atoms with Gasteiger partial charge in [-0.05, 0) is 42.5 Å². The second-order valence-electron chi connectivity index (χ2n) is 7.56. The molecule has 1 atom stereocenters. The number of allylic oxidation sites excluding steroid dienone is 1. The fourth-order valence-corrected chi connectivity index (χ4v) is 4.13. The summed E-state index contributed by atoms with van der Waals surface area (Å²) >= 11 is 6.04. The van der Waals surface area contributed by atoms with Crippen molar-refractivity contribution < 1.29 is 4.79 Å². The average Bonchev–Trinajstić information content (AvgIpc) is 3.10. The number of ketones is 1. The van der Waals surface area contributed by atoms with E-state index in [2.05, 4.69) is 22.3 Å². The van der Waals surface area contributed by atoms with Gasteiger partial charge in [-0.3, -0.25) is 4.79 Å². The summed E-state index contributed by atoms with van der Waals surface area (Å²) in [5.41, 5.74) is 5.76. The third kappa shape index (κ3) is 3.31. The molecule has 1 aliphatic rings. The minimum atomic E-state index is 0.00885. The van der Waals surface area contributed by atoms with Crippen LogP contribution >= 0.6 is 11.6 Å². The minimum Gasteiger partial charge on any atom is -0.292 e. The van der Waals surface area contributed by atoms with Crippen LogP contribution < -0.4 is 0 Å². The Labute approximate surface area is 179 Å². The van der Waals surface area contributed by atoms with Crippen molar-refractivity contribution in [2.75, 3.05) is 0 Å². The lowest BCUT2D eigenvalue weighted by atomic mass is 9.88. The molecule has 0 bridgehead atoms. The lowest BCUT2D eigenvalue weighted by molar-refractivity contribution is 0.0950. The topological polar surface area (TPSA) is 60.1 Å². The van der Waals surface area contributed by atoms with E-state index in [0.717, 1.165) is 28.1 Å². The molecule has 0 radical (unpaired) electrons. The van der Waals surface area contributed by atoms with Crippen molar-refractivity contribution in [3.05, 3.63) is 88.3 Å². The van der Waals surface area contributed by atoms with Gasteiger partial charge < -0.3 is 0 Å². The van der Waals surface area contributed by atoms with Crippen molar-refractivity contribution in [1.82, 2.24) is 19.8 Å². The predicted molar refractivity (Wildman–Crippen MR) is 118 cm³/mol. The van der Waals surface area contributed by atoms with Gasteiger partial charge in [0.25, 0.3) is 0 Å². The zero-order valence-electron chi connectivity index (χ0n) is 16.4. The van der Waals surface area contributed by atoms with Crippen LogP contribution in [0.1, 0.15) is 33.9 Å². The summed E-state index contributed by atoms with van der Waals surface area (Å²) in [6.45, 7) is 1.95. The quantitative estimate of drug-likeness (QED) is 0.461. The molecule has 148 valence electrons. The van der Waals surface area contributed by atoms with E-state index in [4.69, 9.17) is 16.7 Å². The largest absolute Gasteiger partial charge is 0.292 e. The number of rotatable bonds is 3. The van der Waals surface area contributed by atoms with Crippen molar-refractivity contribution in [2.45, 2.75) is 19.8 Å². The molecule has 5 nitrogen and oxygen atoms in total. The number of Topliss-reactive ketones (excluding diaryl/α,β-unsaturated/α-hetero) is 1. The molecule has 0 saturated heterocycles. The summed E-state index contributed by atoms with van der Waals surface area (Å²) in [6.07, 6.45) is 5.31. The maximum Gasteiger partial charge on any atom is 0.185 e. The molecule has 30 heavy (non-hydrogen) atoms. The number of aryl methyl sites for hydroxylation is 1.